The Labute approximate surface area is 188 Å². The number of aromatic hydroxyl groups is 1. The zero-order chi connectivity index (χ0) is 21.6. The van der Waals surface area contributed by atoms with Gasteiger partial charge in [0.25, 0.3) is 0 Å². The van der Waals surface area contributed by atoms with Crippen LogP contribution in [0.15, 0.2) is 50.3 Å². The van der Waals surface area contributed by atoms with Crippen molar-refractivity contribution >= 4 is 50.5 Å². The molecule has 1 aromatic heterocycles. The summed E-state index contributed by atoms with van der Waals surface area (Å²) < 4.78 is 6.54. The van der Waals surface area contributed by atoms with Crippen LogP contribution in [0.25, 0.3) is 22.6 Å². The lowest BCUT2D eigenvalue weighted by molar-refractivity contribution is 0.470. The van der Waals surface area contributed by atoms with Crippen molar-refractivity contribution in [2.75, 3.05) is 0 Å². The van der Waals surface area contributed by atoms with Crippen molar-refractivity contribution < 1.29 is 9.52 Å². The Balaban J connectivity index is 1.72. The van der Waals surface area contributed by atoms with Crippen LogP contribution >= 0.6 is 27.5 Å². The quantitative estimate of drug-likeness (QED) is 0.305. The molecule has 0 saturated heterocycles. The van der Waals surface area contributed by atoms with Crippen LogP contribution in [-0.4, -0.2) is 16.3 Å². The second kappa shape index (κ2) is 7.89. The molecule has 0 aliphatic carbocycles. The van der Waals surface area contributed by atoms with E-state index in [-0.39, 0.29) is 5.75 Å². The summed E-state index contributed by atoms with van der Waals surface area (Å²) in [4.78, 5) is 9.17. The lowest BCUT2D eigenvalue weighted by Crippen LogP contribution is -1.94. The normalized spacial score (nSPS) is 11.7. The van der Waals surface area contributed by atoms with Crippen molar-refractivity contribution in [3.63, 3.8) is 0 Å². The highest BCUT2D eigenvalue weighted by atomic mass is 79.9. The SMILES string of the molecule is Cc1cc2nc(-c3cccc(N=Cc4c(C)c(Cl)c(C)c(Br)c4O)c3)oc2cc1C. The van der Waals surface area contributed by atoms with E-state index in [1.54, 1.807) is 6.21 Å². The Hall–Kier alpha value is -2.63. The number of rotatable bonds is 3. The molecule has 6 heteroatoms. The fourth-order valence-electron chi connectivity index (χ4n) is 3.29. The predicted octanol–water partition coefficient (Wildman–Crippen LogP) is 7.60. The molecule has 1 N–H and O–H groups in total. The molecular weight excluding hydrogens is 464 g/mol. The van der Waals surface area contributed by atoms with E-state index in [4.69, 9.17) is 16.0 Å². The molecule has 0 amide bonds. The molecule has 3 aromatic carbocycles. The van der Waals surface area contributed by atoms with Crippen molar-refractivity contribution in [1.82, 2.24) is 4.98 Å². The number of phenolic OH excluding ortho intramolecular Hbond substituents is 1. The molecule has 0 radical (unpaired) electrons. The maximum Gasteiger partial charge on any atom is 0.227 e. The summed E-state index contributed by atoms with van der Waals surface area (Å²) in [5, 5.41) is 11.1. The number of phenols is 1. The zero-order valence-corrected chi connectivity index (χ0v) is 19.4. The van der Waals surface area contributed by atoms with Crippen molar-refractivity contribution in [3.05, 3.63) is 73.7 Å². The van der Waals surface area contributed by atoms with Gasteiger partial charge in [-0.25, -0.2) is 4.98 Å². The van der Waals surface area contributed by atoms with Crippen LogP contribution in [0.2, 0.25) is 5.02 Å². The van der Waals surface area contributed by atoms with Crippen LogP contribution in [0, 0.1) is 27.7 Å². The third kappa shape index (κ3) is 3.64. The summed E-state index contributed by atoms with van der Waals surface area (Å²) in [7, 11) is 0. The molecule has 0 spiro atoms. The lowest BCUT2D eigenvalue weighted by atomic mass is 10.0. The number of oxazole rings is 1. The molecule has 0 fully saturated rings. The number of halogens is 2. The monoisotopic (exact) mass is 482 g/mol. The van der Waals surface area contributed by atoms with Crippen molar-refractivity contribution in [2.45, 2.75) is 27.7 Å². The van der Waals surface area contributed by atoms with Crippen LogP contribution < -0.4 is 0 Å². The van der Waals surface area contributed by atoms with Gasteiger partial charge in [-0.05, 0) is 96.2 Å². The first-order valence-corrected chi connectivity index (χ1v) is 10.6. The van der Waals surface area contributed by atoms with Gasteiger partial charge < -0.3 is 9.52 Å². The van der Waals surface area contributed by atoms with Gasteiger partial charge in [0.2, 0.25) is 5.89 Å². The van der Waals surface area contributed by atoms with E-state index < -0.39 is 0 Å². The molecule has 0 unspecified atom stereocenters. The molecule has 0 aliphatic heterocycles. The van der Waals surface area contributed by atoms with Gasteiger partial charge in [-0.1, -0.05) is 17.7 Å². The first-order valence-electron chi connectivity index (χ1n) is 9.45. The van der Waals surface area contributed by atoms with Crippen LogP contribution in [0.5, 0.6) is 5.75 Å². The second-order valence-electron chi connectivity index (χ2n) is 7.37. The Morgan fingerprint density at radius 2 is 1.80 bits per heavy atom. The average Bonchev–Trinajstić information content (AvgIpc) is 3.14. The number of aromatic nitrogens is 1. The van der Waals surface area contributed by atoms with Gasteiger partial charge in [-0.15, -0.1) is 0 Å². The zero-order valence-electron chi connectivity index (χ0n) is 17.0. The van der Waals surface area contributed by atoms with Crippen molar-refractivity contribution in [2.24, 2.45) is 4.99 Å². The van der Waals surface area contributed by atoms with Gasteiger partial charge in [0.05, 0.1) is 10.2 Å². The first-order chi connectivity index (χ1) is 14.3. The maximum atomic E-state index is 10.5. The van der Waals surface area contributed by atoms with Gasteiger partial charge in [0.15, 0.2) is 5.58 Å². The van der Waals surface area contributed by atoms with Crippen LogP contribution in [0.1, 0.15) is 27.8 Å². The molecule has 0 saturated carbocycles. The number of fused-ring (bicyclic) bond motifs is 1. The van der Waals surface area contributed by atoms with Gasteiger partial charge in [0, 0.05) is 22.4 Å². The number of hydrogen-bond donors (Lipinski definition) is 1. The van der Waals surface area contributed by atoms with E-state index in [1.807, 2.05) is 50.2 Å². The van der Waals surface area contributed by atoms with Crippen molar-refractivity contribution in [1.29, 1.82) is 0 Å². The number of benzene rings is 3. The maximum absolute atomic E-state index is 10.5. The van der Waals surface area contributed by atoms with E-state index in [0.29, 0.717) is 26.6 Å². The molecule has 30 heavy (non-hydrogen) atoms. The first kappa shape index (κ1) is 20.6. The number of hydrogen-bond acceptors (Lipinski definition) is 4. The fourth-order valence-corrected chi connectivity index (χ4v) is 4.01. The highest BCUT2D eigenvalue weighted by molar-refractivity contribution is 9.10. The van der Waals surface area contributed by atoms with Crippen LogP contribution in [0.4, 0.5) is 5.69 Å². The number of nitrogens with zero attached hydrogens (tertiary/aromatic N) is 2. The molecule has 1 heterocycles. The Bertz CT molecular complexity index is 1260. The minimum absolute atomic E-state index is 0.124. The summed E-state index contributed by atoms with van der Waals surface area (Å²) in [5.41, 5.74) is 7.65. The molecule has 0 atom stereocenters. The highest BCUT2D eigenvalue weighted by Gasteiger charge is 2.15. The van der Waals surface area contributed by atoms with E-state index in [2.05, 4.69) is 39.8 Å². The highest BCUT2D eigenvalue weighted by Crippen LogP contribution is 2.38. The smallest absolute Gasteiger partial charge is 0.227 e. The Morgan fingerprint density at radius 1 is 1.07 bits per heavy atom. The minimum atomic E-state index is 0.124. The summed E-state index contributed by atoms with van der Waals surface area (Å²) in [6, 6.07) is 11.7. The van der Waals surface area contributed by atoms with Crippen LogP contribution in [-0.2, 0) is 0 Å². The largest absolute Gasteiger partial charge is 0.506 e. The molecule has 4 aromatic rings. The Kier molecular flexibility index (Phi) is 5.43. The van der Waals surface area contributed by atoms with E-state index in [9.17, 15) is 5.11 Å². The lowest BCUT2D eigenvalue weighted by Gasteiger charge is -2.12. The van der Waals surface area contributed by atoms with E-state index in [1.165, 1.54) is 11.1 Å². The summed E-state index contributed by atoms with van der Waals surface area (Å²) in [5.74, 6) is 0.672. The summed E-state index contributed by atoms with van der Waals surface area (Å²) in [6.07, 6.45) is 1.62. The van der Waals surface area contributed by atoms with Gasteiger partial charge in [-0.3, -0.25) is 4.99 Å². The molecule has 0 bridgehead atoms. The van der Waals surface area contributed by atoms with Gasteiger partial charge in [-0.2, -0.15) is 0 Å². The molecular formula is C24H20BrClN2O2. The van der Waals surface area contributed by atoms with Gasteiger partial charge in [0.1, 0.15) is 11.3 Å². The topological polar surface area (TPSA) is 58.6 Å². The average molecular weight is 484 g/mol. The summed E-state index contributed by atoms with van der Waals surface area (Å²) >= 11 is 9.78. The molecule has 152 valence electrons. The van der Waals surface area contributed by atoms with E-state index in [0.717, 1.165) is 27.8 Å². The standard InChI is InChI=1S/C24H20BrClN2O2/c1-12-8-19-20(9-13(12)2)30-24(28-19)16-6-5-7-17(10-16)27-11-18-14(3)22(26)15(4)21(25)23(18)29/h5-11,29H,1-4H3. The van der Waals surface area contributed by atoms with Crippen molar-refractivity contribution in [3.8, 4) is 17.2 Å². The van der Waals surface area contributed by atoms with Gasteiger partial charge >= 0.3 is 0 Å². The third-order valence-corrected chi connectivity index (χ3v) is 6.83. The number of aryl methyl sites for hydroxylation is 2. The molecule has 4 rings (SSSR count). The fraction of sp³-hybridized carbons (Fsp3) is 0.167. The minimum Gasteiger partial charge on any atom is -0.506 e. The second-order valence-corrected chi connectivity index (χ2v) is 8.54. The molecule has 0 aliphatic rings. The summed E-state index contributed by atoms with van der Waals surface area (Å²) in [6.45, 7) is 7.83. The number of aliphatic imine (C=N–C) groups is 1. The predicted molar refractivity (Wildman–Crippen MR) is 126 cm³/mol. The molecule has 4 nitrogen and oxygen atoms in total. The van der Waals surface area contributed by atoms with Crippen LogP contribution in [0.3, 0.4) is 0 Å². The third-order valence-electron chi connectivity index (χ3n) is 5.29. The Morgan fingerprint density at radius 3 is 2.57 bits per heavy atom. The van der Waals surface area contributed by atoms with E-state index >= 15 is 0 Å².